The van der Waals surface area contributed by atoms with Crippen molar-refractivity contribution in [1.29, 1.82) is 0 Å². The average Bonchev–Trinajstić information content (AvgIpc) is 2.94. The van der Waals surface area contributed by atoms with Gasteiger partial charge in [0.15, 0.2) is 0 Å². The molecule has 3 atom stereocenters. The molecular formula is C13H16N2O2. The lowest BCUT2D eigenvalue weighted by atomic mass is 9.88. The Balaban J connectivity index is 1.84. The largest absolute Gasteiger partial charge is 0.379 e. The first-order valence-electron chi connectivity index (χ1n) is 6.08. The second-order valence-electron chi connectivity index (χ2n) is 4.85. The van der Waals surface area contributed by atoms with E-state index in [4.69, 9.17) is 10.5 Å². The number of nitrogens with zero attached hydrogens (tertiary/aromatic N) is 1. The van der Waals surface area contributed by atoms with Crippen molar-refractivity contribution in [2.75, 3.05) is 13.2 Å². The Morgan fingerprint density at radius 3 is 3.12 bits per heavy atom. The van der Waals surface area contributed by atoms with Crippen LogP contribution in [-0.2, 0) is 16.0 Å². The van der Waals surface area contributed by atoms with Gasteiger partial charge in [-0.3, -0.25) is 9.78 Å². The molecule has 0 aromatic carbocycles. The van der Waals surface area contributed by atoms with Crippen LogP contribution in [0.25, 0.3) is 0 Å². The number of aromatic nitrogens is 1. The number of pyridine rings is 1. The van der Waals surface area contributed by atoms with Crippen LogP contribution in [0.1, 0.15) is 23.6 Å². The number of carbonyl (C=O) groups excluding carboxylic acids is 1. The highest BCUT2D eigenvalue weighted by Gasteiger charge is 2.39. The van der Waals surface area contributed by atoms with Crippen molar-refractivity contribution in [3.63, 3.8) is 0 Å². The fourth-order valence-corrected chi connectivity index (χ4v) is 2.81. The van der Waals surface area contributed by atoms with Gasteiger partial charge in [-0.05, 0) is 24.5 Å². The van der Waals surface area contributed by atoms with E-state index in [2.05, 4.69) is 11.1 Å². The molecule has 17 heavy (non-hydrogen) atoms. The number of rotatable bonds is 2. The Morgan fingerprint density at radius 2 is 2.35 bits per heavy atom. The van der Waals surface area contributed by atoms with E-state index in [0.29, 0.717) is 13.2 Å². The predicted molar refractivity (Wildman–Crippen MR) is 62.6 cm³/mol. The molecule has 1 aliphatic heterocycles. The van der Waals surface area contributed by atoms with Gasteiger partial charge in [-0.2, -0.15) is 0 Å². The van der Waals surface area contributed by atoms with Gasteiger partial charge in [-0.15, -0.1) is 0 Å². The highest BCUT2D eigenvalue weighted by molar-refractivity contribution is 5.89. The summed E-state index contributed by atoms with van der Waals surface area (Å²) in [5.41, 5.74) is 8.06. The fourth-order valence-electron chi connectivity index (χ4n) is 2.81. The van der Waals surface area contributed by atoms with Gasteiger partial charge in [0.2, 0.25) is 0 Å². The molecule has 3 unspecified atom stereocenters. The molecule has 1 aromatic rings. The van der Waals surface area contributed by atoms with Crippen LogP contribution in [0.2, 0.25) is 0 Å². The van der Waals surface area contributed by atoms with Crippen molar-refractivity contribution in [2.24, 2.45) is 11.7 Å². The van der Waals surface area contributed by atoms with Crippen LogP contribution in [0.15, 0.2) is 18.3 Å². The smallest absolute Gasteiger partial charge is 0.148 e. The molecule has 0 amide bonds. The Kier molecular flexibility index (Phi) is 2.68. The van der Waals surface area contributed by atoms with E-state index in [9.17, 15) is 4.79 Å². The van der Waals surface area contributed by atoms with E-state index < -0.39 is 0 Å². The lowest BCUT2D eigenvalue weighted by Gasteiger charge is -2.16. The summed E-state index contributed by atoms with van der Waals surface area (Å²) in [6.07, 6.45) is 3.58. The molecule has 2 N–H and O–H groups in total. The average molecular weight is 232 g/mol. The zero-order chi connectivity index (χ0) is 11.8. The summed E-state index contributed by atoms with van der Waals surface area (Å²) in [5.74, 6) is 0.00403. The van der Waals surface area contributed by atoms with Crippen LogP contribution in [0.3, 0.4) is 0 Å². The number of hydrogen-bond donors (Lipinski definition) is 1. The molecule has 0 saturated carbocycles. The Labute approximate surface area is 100 Å². The molecule has 1 aromatic heterocycles. The third kappa shape index (κ3) is 1.77. The molecule has 0 spiro atoms. The van der Waals surface area contributed by atoms with E-state index >= 15 is 0 Å². The summed E-state index contributed by atoms with van der Waals surface area (Å²) in [6.45, 7) is 0.969. The maximum atomic E-state index is 12.4. The van der Waals surface area contributed by atoms with E-state index in [-0.39, 0.29) is 23.7 Å². The van der Waals surface area contributed by atoms with Crippen LogP contribution in [0.4, 0.5) is 0 Å². The second kappa shape index (κ2) is 4.20. The van der Waals surface area contributed by atoms with Gasteiger partial charge in [0, 0.05) is 12.2 Å². The maximum Gasteiger partial charge on any atom is 0.148 e. The van der Waals surface area contributed by atoms with Crippen molar-refractivity contribution in [3.05, 3.63) is 29.6 Å². The third-order valence-corrected chi connectivity index (χ3v) is 3.79. The standard InChI is InChI=1S/C13H16N2O2/c14-11-7-17-6-10(11)13(16)9-4-3-8-2-1-5-15-12(8)9/h1-2,5,9-11H,3-4,6-7,14H2. The fraction of sp³-hybridized carbons (Fsp3) is 0.538. The van der Waals surface area contributed by atoms with Gasteiger partial charge in [-0.25, -0.2) is 0 Å². The number of nitrogens with two attached hydrogens (primary N) is 1. The van der Waals surface area contributed by atoms with Crippen LogP contribution in [0.5, 0.6) is 0 Å². The normalized spacial score (nSPS) is 31.5. The minimum atomic E-state index is -0.145. The monoisotopic (exact) mass is 232 g/mol. The summed E-state index contributed by atoms with van der Waals surface area (Å²) < 4.78 is 5.27. The SMILES string of the molecule is NC1COCC1C(=O)C1CCc2cccnc21. The number of ketones is 1. The molecule has 2 aliphatic rings. The molecule has 3 rings (SSSR count). The number of fused-ring (bicyclic) bond motifs is 1. The second-order valence-corrected chi connectivity index (χ2v) is 4.85. The molecular weight excluding hydrogens is 216 g/mol. The lowest BCUT2D eigenvalue weighted by molar-refractivity contribution is -0.124. The molecule has 2 heterocycles. The maximum absolute atomic E-state index is 12.4. The highest BCUT2D eigenvalue weighted by atomic mass is 16.5. The van der Waals surface area contributed by atoms with E-state index in [1.54, 1.807) is 6.20 Å². The number of hydrogen-bond acceptors (Lipinski definition) is 4. The summed E-state index contributed by atoms with van der Waals surface area (Å²) in [7, 11) is 0. The summed E-state index contributed by atoms with van der Waals surface area (Å²) in [4.78, 5) is 16.8. The van der Waals surface area contributed by atoms with Gasteiger partial charge in [0.1, 0.15) is 5.78 Å². The van der Waals surface area contributed by atoms with Gasteiger partial charge >= 0.3 is 0 Å². The van der Waals surface area contributed by atoms with Gasteiger partial charge < -0.3 is 10.5 Å². The molecule has 0 bridgehead atoms. The van der Waals surface area contributed by atoms with Crippen LogP contribution < -0.4 is 5.73 Å². The molecule has 1 fully saturated rings. The number of Topliss-reactive ketones (excluding diaryl/α,β-unsaturated/α-hetero) is 1. The predicted octanol–water partition coefficient (Wildman–Crippen LogP) is 0.654. The number of ether oxygens (including phenoxy) is 1. The Hall–Kier alpha value is -1.26. The van der Waals surface area contributed by atoms with Crippen molar-refractivity contribution < 1.29 is 9.53 Å². The first kappa shape index (κ1) is 10.9. The van der Waals surface area contributed by atoms with Crippen molar-refractivity contribution in [3.8, 4) is 0 Å². The molecule has 0 radical (unpaired) electrons. The Bertz CT molecular complexity index is 447. The quantitative estimate of drug-likeness (QED) is 0.813. The number of carbonyl (C=O) groups is 1. The molecule has 4 nitrogen and oxygen atoms in total. The van der Waals surface area contributed by atoms with Crippen molar-refractivity contribution in [1.82, 2.24) is 4.98 Å². The van der Waals surface area contributed by atoms with Gasteiger partial charge in [-0.1, -0.05) is 6.07 Å². The third-order valence-electron chi connectivity index (χ3n) is 3.79. The minimum absolute atomic E-state index is 0.0658. The molecule has 1 aliphatic carbocycles. The zero-order valence-electron chi connectivity index (χ0n) is 9.63. The summed E-state index contributed by atoms with van der Waals surface area (Å²) in [6, 6.07) is 3.84. The topological polar surface area (TPSA) is 65.2 Å². The zero-order valence-corrected chi connectivity index (χ0v) is 9.63. The molecule has 4 heteroatoms. The molecule has 1 saturated heterocycles. The first-order valence-corrected chi connectivity index (χ1v) is 6.08. The van der Waals surface area contributed by atoms with E-state index in [1.165, 1.54) is 5.56 Å². The van der Waals surface area contributed by atoms with Crippen LogP contribution in [0, 0.1) is 5.92 Å². The lowest BCUT2D eigenvalue weighted by Crippen LogP contribution is -2.36. The van der Waals surface area contributed by atoms with Gasteiger partial charge in [0.25, 0.3) is 0 Å². The van der Waals surface area contributed by atoms with Gasteiger partial charge in [0.05, 0.1) is 30.7 Å². The molecule has 90 valence electrons. The number of aryl methyl sites for hydroxylation is 1. The van der Waals surface area contributed by atoms with Crippen LogP contribution in [-0.4, -0.2) is 30.0 Å². The Morgan fingerprint density at radius 1 is 1.47 bits per heavy atom. The summed E-state index contributed by atoms with van der Waals surface area (Å²) in [5, 5.41) is 0. The van der Waals surface area contributed by atoms with E-state index in [1.807, 2.05) is 6.07 Å². The van der Waals surface area contributed by atoms with Crippen molar-refractivity contribution >= 4 is 5.78 Å². The minimum Gasteiger partial charge on any atom is -0.379 e. The highest BCUT2D eigenvalue weighted by Crippen LogP contribution is 2.34. The first-order chi connectivity index (χ1) is 8.27. The van der Waals surface area contributed by atoms with E-state index in [0.717, 1.165) is 18.5 Å². The van der Waals surface area contributed by atoms with Crippen LogP contribution >= 0.6 is 0 Å². The van der Waals surface area contributed by atoms with Crippen molar-refractivity contribution in [2.45, 2.75) is 24.8 Å². The summed E-state index contributed by atoms with van der Waals surface area (Å²) >= 11 is 0.